The molecular weight excluding hydrogens is 307 g/mol. The fourth-order valence-electron chi connectivity index (χ4n) is 1.66. The summed E-state index contributed by atoms with van der Waals surface area (Å²) in [6.45, 7) is 5.95. The van der Waals surface area contributed by atoms with E-state index in [0.29, 0.717) is 0 Å². The Morgan fingerprint density at radius 1 is 1.32 bits per heavy atom. The van der Waals surface area contributed by atoms with Crippen LogP contribution in [0.15, 0.2) is 23.6 Å². The van der Waals surface area contributed by atoms with Gasteiger partial charge in [-0.15, -0.1) is 11.3 Å². The first-order chi connectivity index (χ1) is 10.2. The first-order valence-electron chi connectivity index (χ1n) is 6.48. The molecule has 0 unspecified atom stereocenters. The van der Waals surface area contributed by atoms with Gasteiger partial charge in [-0.2, -0.15) is 0 Å². The maximum Gasteiger partial charge on any atom is 0.335 e. The Morgan fingerprint density at radius 2 is 2.00 bits per heavy atom. The van der Waals surface area contributed by atoms with Gasteiger partial charge >= 0.3 is 5.97 Å². The maximum absolute atomic E-state index is 13.8. The van der Waals surface area contributed by atoms with E-state index in [2.05, 4.69) is 10.3 Å². The number of anilines is 1. The van der Waals surface area contributed by atoms with Crippen molar-refractivity contribution in [2.45, 2.75) is 26.2 Å². The van der Waals surface area contributed by atoms with E-state index in [9.17, 15) is 14.0 Å². The zero-order chi connectivity index (χ0) is 16.5. The van der Waals surface area contributed by atoms with E-state index in [4.69, 9.17) is 5.11 Å². The Balaban J connectivity index is 2.19. The third-order valence-electron chi connectivity index (χ3n) is 2.84. The highest BCUT2D eigenvalue weighted by molar-refractivity contribution is 7.10. The summed E-state index contributed by atoms with van der Waals surface area (Å²) in [4.78, 5) is 27.1. The second-order valence-electron chi connectivity index (χ2n) is 5.74. The highest BCUT2D eigenvalue weighted by Gasteiger charge is 2.21. The number of rotatable bonds is 3. The summed E-state index contributed by atoms with van der Waals surface area (Å²) in [5, 5.41) is 13.6. The zero-order valence-electron chi connectivity index (χ0n) is 12.3. The Kier molecular flexibility index (Phi) is 4.27. The van der Waals surface area contributed by atoms with Gasteiger partial charge < -0.3 is 10.4 Å². The number of nitrogens with one attached hydrogen (secondary N) is 1. The summed E-state index contributed by atoms with van der Waals surface area (Å²) in [5.41, 5.74) is -0.228. The van der Waals surface area contributed by atoms with E-state index >= 15 is 0 Å². The van der Waals surface area contributed by atoms with Crippen LogP contribution in [0.1, 0.15) is 46.6 Å². The molecule has 2 N–H and O–H groups in total. The number of carboxylic acid groups (broad SMARTS) is 1. The summed E-state index contributed by atoms with van der Waals surface area (Å²) in [5.74, 6) is -2.57. The van der Waals surface area contributed by atoms with E-state index in [1.165, 1.54) is 23.5 Å². The molecule has 0 saturated carbocycles. The predicted molar refractivity (Wildman–Crippen MR) is 82.1 cm³/mol. The van der Waals surface area contributed by atoms with Crippen LogP contribution in [-0.2, 0) is 5.41 Å². The van der Waals surface area contributed by atoms with Crippen LogP contribution in [0.25, 0.3) is 0 Å². The molecule has 22 heavy (non-hydrogen) atoms. The molecule has 0 aliphatic carbocycles. The van der Waals surface area contributed by atoms with Gasteiger partial charge in [0.2, 0.25) is 0 Å². The molecule has 116 valence electrons. The third kappa shape index (κ3) is 3.48. The summed E-state index contributed by atoms with van der Waals surface area (Å²) in [6.07, 6.45) is 0. The van der Waals surface area contributed by atoms with Crippen LogP contribution < -0.4 is 5.32 Å². The van der Waals surface area contributed by atoms with Crippen molar-refractivity contribution in [2.75, 3.05) is 5.32 Å². The van der Waals surface area contributed by atoms with Crippen molar-refractivity contribution in [2.24, 2.45) is 0 Å². The molecule has 0 aliphatic rings. The Bertz CT molecular complexity index is 735. The summed E-state index contributed by atoms with van der Waals surface area (Å²) in [6, 6.07) is 3.30. The molecule has 5 nitrogen and oxygen atoms in total. The molecular formula is C15H15FN2O3S. The third-order valence-corrected chi connectivity index (χ3v) is 4.11. The normalized spacial score (nSPS) is 11.3. The van der Waals surface area contributed by atoms with Gasteiger partial charge in [0, 0.05) is 10.8 Å². The molecule has 2 aromatic rings. The monoisotopic (exact) mass is 322 g/mol. The number of hydrogen-bond donors (Lipinski definition) is 2. The summed E-state index contributed by atoms with van der Waals surface area (Å²) < 4.78 is 13.8. The van der Waals surface area contributed by atoms with Crippen LogP contribution in [0.3, 0.4) is 0 Å². The number of carbonyl (C=O) groups excluding carboxylic acids is 1. The number of halogens is 1. The van der Waals surface area contributed by atoms with E-state index in [1.54, 1.807) is 5.38 Å². The fraction of sp³-hybridized carbons (Fsp3) is 0.267. The molecule has 0 atom stereocenters. The highest BCUT2D eigenvalue weighted by Crippen LogP contribution is 2.26. The number of aromatic carboxylic acids is 1. The van der Waals surface area contributed by atoms with Crippen molar-refractivity contribution >= 4 is 28.9 Å². The quantitative estimate of drug-likeness (QED) is 0.906. The van der Waals surface area contributed by atoms with Crippen LogP contribution in [0, 0.1) is 5.82 Å². The Labute approximate surface area is 130 Å². The van der Waals surface area contributed by atoms with Crippen molar-refractivity contribution in [3.63, 3.8) is 0 Å². The molecule has 1 aromatic heterocycles. The molecule has 1 aromatic carbocycles. The van der Waals surface area contributed by atoms with Crippen molar-refractivity contribution in [1.29, 1.82) is 0 Å². The van der Waals surface area contributed by atoms with Gasteiger partial charge in [-0.05, 0) is 18.2 Å². The van der Waals surface area contributed by atoms with Crippen LogP contribution in [0.2, 0.25) is 0 Å². The molecule has 0 bridgehead atoms. The lowest BCUT2D eigenvalue weighted by atomic mass is 9.98. The van der Waals surface area contributed by atoms with E-state index in [1.807, 2.05) is 20.8 Å². The second kappa shape index (κ2) is 5.84. The van der Waals surface area contributed by atoms with Gasteiger partial charge in [-0.25, -0.2) is 14.2 Å². The lowest BCUT2D eigenvalue weighted by Crippen LogP contribution is -2.16. The number of thiazole rings is 1. The summed E-state index contributed by atoms with van der Waals surface area (Å²) in [7, 11) is 0. The molecule has 0 fully saturated rings. The summed E-state index contributed by atoms with van der Waals surface area (Å²) >= 11 is 1.36. The lowest BCUT2D eigenvalue weighted by Gasteiger charge is -2.13. The molecule has 1 heterocycles. The van der Waals surface area contributed by atoms with Crippen molar-refractivity contribution in [3.05, 3.63) is 45.7 Å². The fourth-order valence-corrected chi connectivity index (χ4v) is 2.55. The number of amides is 1. The number of benzene rings is 1. The van der Waals surface area contributed by atoms with Crippen LogP contribution in [0.4, 0.5) is 10.1 Å². The van der Waals surface area contributed by atoms with Crippen LogP contribution >= 0.6 is 11.3 Å². The van der Waals surface area contributed by atoms with Crippen molar-refractivity contribution in [1.82, 2.24) is 4.98 Å². The van der Waals surface area contributed by atoms with Gasteiger partial charge in [-0.1, -0.05) is 20.8 Å². The van der Waals surface area contributed by atoms with E-state index in [-0.39, 0.29) is 22.4 Å². The van der Waals surface area contributed by atoms with Gasteiger partial charge in [0.15, 0.2) is 0 Å². The second-order valence-corrected chi connectivity index (χ2v) is 6.60. The average Bonchev–Trinajstić information content (AvgIpc) is 2.90. The maximum atomic E-state index is 13.8. The minimum absolute atomic E-state index is 0.0830. The van der Waals surface area contributed by atoms with Crippen LogP contribution in [-0.4, -0.2) is 22.0 Å². The smallest absolute Gasteiger partial charge is 0.335 e. The van der Waals surface area contributed by atoms with E-state index < -0.39 is 17.7 Å². The first-order valence-corrected chi connectivity index (χ1v) is 7.36. The van der Waals surface area contributed by atoms with E-state index in [0.717, 1.165) is 11.1 Å². The first kappa shape index (κ1) is 16.1. The molecule has 1 amide bonds. The molecule has 0 radical (unpaired) electrons. The molecule has 0 aliphatic heterocycles. The number of aromatic nitrogens is 1. The highest BCUT2D eigenvalue weighted by atomic mass is 32.1. The predicted octanol–water partition coefficient (Wildman–Crippen LogP) is 3.53. The number of hydrogen-bond acceptors (Lipinski definition) is 4. The van der Waals surface area contributed by atoms with Gasteiger partial charge in [0.25, 0.3) is 5.91 Å². The molecule has 0 spiro atoms. The average molecular weight is 322 g/mol. The Morgan fingerprint density at radius 3 is 2.50 bits per heavy atom. The van der Waals surface area contributed by atoms with Crippen molar-refractivity contribution in [3.8, 4) is 0 Å². The number of nitrogens with zero attached hydrogens (tertiary/aromatic N) is 1. The topological polar surface area (TPSA) is 79.3 Å². The Hall–Kier alpha value is -2.28. The SMILES string of the molecule is CC(C)(C)c1nc(C(=O)Nc2ccc(C(=O)O)cc2F)cs1. The van der Waals surface area contributed by atoms with Crippen molar-refractivity contribution < 1.29 is 19.1 Å². The molecule has 7 heteroatoms. The molecule has 0 saturated heterocycles. The molecule has 2 rings (SSSR count). The van der Waals surface area contributed by atoms with Crippen LogP contribution in [0.5, 0.6) is 0 Å². The van der Waals surface area contributed by atoms with Gasteiger partial charge in [0.05, 0.1) is 16.3 Å². The lowest BCUT2D eigenvalue weighted by molar-refractivity contribution is 0.0696. The number of carboxylic acids is 1. The van der Waals surface area contributed by atoms with Gasteiger partial charge in [-0.3, -0.25) is 4.79 Å². The number of carbonyl (C=O) groups is 2. The zero-order valence-corrected chi connectivity index (χ0v) is 13.1. The standard InChI is InChI=1S/C15H15FN2O3S/c1-15(2,3)14-18-11(7-22-14)12(19)17-10-5-4-8(13(20)21)6-9(10)16/h4-7H,1-3H3,(H,17,19)(H,20,21). The largest absolute Gasteiger partial charge is 0.478 e. The minimum Gasteiger partial charge on any atom is -0.478 e. The minimum atomic E-state index is -1.23. The van der Waals surface area contributed by atoms with Gasteiger partial charge in [0.1, 0.15) is 11.5 Å².